The molecule has 1 aromatic rings. The minimum absolute atomic E-state index is 0.256. The molecule has 2 amide bonds. The van der Waals surface area contributed by atoms with Crippen LogP contribution in [0.15, 0.2) is 36.5 Å². The molecule has 1 aliphatic rings. The van der Waals surface area contributed by atoms with Crippen molar-refractivity contribution in [3.8, 4) is 0 Å². The average molecular weight is 218 g/mol. The number of carbonyl (C=O) groups excluding carboxylic acids is 1. The zero-order valence-corrected chi connectivity index (χ0v) is 8.89. The van der Waals surface area contributed by atoms with Crippen molar-refractivity contribution in [3.63, 3.8) is 0 Å². The Morgan fingerprint density at radius 2 is 2.31 bits per heavy atom. The number of rotatable bonds is 2. The molecule has 16 heavy (non-hydrogen) atoms. The van der Waals surface area contributed by atoms with Crippen LogP contribution in [0, 0.1) is 0 Å². The summed E-state index contributed by atoms with van der Waals surface area (Å²) < 4.78 is 0. The van der Waals surface area contributed by atoms with Gasteiger partial charge < -0.3 is 0 Å². The second-order valence-corrected chi connectivity index (χ2v) is 3.49. The van der Waals surface area contributed by atoms with E-state index in [2.05, 4.69) is 21.8 Å². The van der Waals surface area contributed by atoms with Crippen LogP contribution in [0.25, 0.3) is 0 Å². The topological polar surface area (TPSA) is 57.3 Å². The van der Waals surface area contributed by atoms with Crippen LogP contribution in [-0.2, 0) is 0 Å². The summed E-state index contributed by atoms with van der Waals surface area (Å²) in [6.07, 6.45) is 6.74. The number of hydrogen-bond acceptors (Lipinski definition) is 3. The molecule has 0 saturated carbocycles. The van der Waals surface area contributed by atoms with Crippen molar-refractivity contribution in [2.45, 2.75) is 6.42 Å². The number of aromatic nitrogens is 1. The first kappa shape index (κ1) is 10.6. The summed E-state index contributed by atoms with van der Waals surface area (Å²) in [6, 6.07) is 5.12. The summed E-state index contributed by atoms with van der Waals surface area (Å²) in [5.74, 6) is 0.549. The maximum Gasteiger partial charge on any atom is 0.334 e. The molecule has 2 rings (SSSR count). The van der Waals surface area contributed by atoms with Gasteiger partial charge in [-0.2, -0.15) is 0 Å². The maximum atomic E-state index is 11.6. The Hall–Kier alpha value is -1.88. The third-order valence-corrected chi connectivity index (χ3v) is 2.22. The van der Waals surface area contributed by atoms with Crippen molar-refractivity contribution in [3.05, 3.63) is 36.5 Å². The van der Waals surface area contributed by atoms with Gasteiger partial charge in [0.05, 0.1) is 0 Å². The predicted molar refractivity (Wildman–Crippen MR) is 61.7 cm³/mol. The number of amides is 2. The summed E-state index contributed by atoms with van der Waals surface area (Å²) in [5.41, 5.74) is 2.76. The third kappa shape index (κ3) is 3.06. The summed E-state index contributed by atoms with van der Waals surface area (Å²) in [7, 11) is 0. The van der Waals surface area contributed by atoms with Gasteiger partial charge in [0.15, 0.2) is 0 Å². The molecule has 0 saturated heterocycles. The number of nitrogens with zero attached hydrogens (tertiary/aromatic N) is 2. The lowest BCUT2D eigenvalue weighted by atomic mass is 10.3. The lowest BCUT2D eigenvalue weighted by Crippen LogP contribution is -2.45. The Morgan fingerprint density at radius 1 is 1.38 bits per heavy atom. The van der Waals surface area contributed by atoms with Crippen LogP contribution in [-0.4, -0.2) is 29.1 Å². The van der Waals surface area contributed by atoms with Crippen LogP contribution >= 0.6 is 0 Å². The first-order valence-corrected chi connectivity index (χ1v) is 5.23. The lowest BCUT2D eigenvalue weighted by molar-refractivity contribution is 0.195. The summed E-state index contributed by atoms with van der Waals surface area (Å²) in [5, 5.41) is 4.52. The van der Waals surface area contributed by atoms with Gasteiger partial charge in [0, 0.05) is 19.3 Å². The Balaban J connectivity index is 1.82. The summed E-state index contributed by atoms with van der Waals surface area (Å²) in [6.45, 7) is 1.59. The number of anilines is 1. The highest BCUT2D eigenvalue weighted by atomic mass is 16.2. The Kier molecular flexibility index (Phi) is 3.50. The van der Waals surface area contributed by atoms with Crippen LogP contribution in [0.5, 0.6) is 0 Å². The van der Waals surface area contributed by atoms with E-state index in [-0.39, 0.29) is 6.03 Å². The van der Waals surface area contributed by atoms with Gasteiger partial charge in [-0.15, -0.1) is 0 Å². The smallest absolute Gasteiger partial charge is 0.291 e. The molecule has 0 fully saturated rings. The van der Waals surface area contributed by atoms with Gasteiger partial charge in [0.2, 0.25) is 0 Å². The van der Waals surface area contributed by atoms with Gasteiger partial charge in [-0.25, -0.2) is 14.8 Å². The van der Waals surface area contributed by atoms with Crippen LogP contribution in [0.2, 0.25) is 0 Å². The van der Waals surface area contributed by atoms with E-state index in [4.69, 9.17) is 0 Å². The minimum Gasteiger partial charge on any atom is -0.291 e. The highest BCUT2D eigenvalue weighted by Gasteiger charge is 2.09. The van der Waals surface area contributed by atoms with E-state index in [1.54, 1.807) is 18.3 Å². The Bertz CT molecular complexity index is 377. The van der Waals surface area contributed by atoms with Gasteiger partial charge in [-0.05, 0) is 18.6 Å². The van der Waals surface area contributed by atoms with Gasteiger partial charge >= 0.3 is 6.03 Å². The lowest BCUT2D eigenvalue weighted by Gasteiger charge is -2.23. The molecule has 0 aliphatic carbocycles. The quantitative estimate of drug-likeness (QED) is 0.737. The van der Waals surface area contributed by atoms with Gasteiger partial charge in [-0.3, -0.25) is 10.7 Å². The fraction of sp³-hybridized carbons (Fsp3) is 0.273. The zero-order chi connectivity index (χ0) is 11.2. The molecular formula is C11H14N4O. The number of hydrazine groups is 1. The minimum atomic E-state index is -0.256. The fourth-order valence-corrected chi connectivity index (χ4v) is 1.47. The van der Waals surface area contributed by atoms with Crippen LogP contribution in [0.3, 0.4) is 0 Å². The van der Waals surface area contributed by atoms with Gasteiger partial charge in [0.25, 0.3) is 0 Å². The monoisotopic (exact) mass is 218 g/mol. The summed E-state index contributed by atoms with van der Waals surface area (Å²) in [4.78, 5) is 15.6. The zero-order valence-electron chi connectivity index (χ0n) is 8.89. The Labute approximate surface area is 94.1 Å². The molecule has 0 radical (unpaired) electrons. The van der Waals surface area contributed by atoms with E-state index in [0.717, 1.165) is 19.5 Å². The van der Waals surface area contributed by atoms with Crippen LogP contribution in [0.1, 0.15) is 6.42 Å². The van der Waals surface area contributed by atoms with Crippen LogP contribution in [0.4, 0.5) is 10.6 Å². The van der Waals surface area contributed by atoms with Crippen molar-refractivity contribution in [2.24, 2.45) is 0 Å². The van der Waals surface area contributed by atoms with Gasteiger partial charge in [0.1, 0.15) is 5.82 Å². The van der Waals surface area contributed by atoms with E-state index in [1.807, 2.05) is 17.2 Å². The Morgan fingerprint density at radius 3 is 3.00 bits per heavy atom. The van der Waals surface area contributed by atoms with E-state index >= 15 is 0 Å². The maximum absolute atomic E-state index is 11.6. The second kappa shape index (κ2) is 5.27. The van der Waals surface area contributed by atoms with E-state index in [0.29, 0.717) is 5.82 Å². The van der Waals surface area contributed by atoms with Crippen molar-refractivity contribution < 1.29 is 4.79 Å². The van der Waals surface area contributed by atoms with Crippen LogP contribution < -0.4 is 10.7 Å². The number of nitrogens with one attached hydrogen (secondary N) is 2. The fourth-order valence-electron chi connectivity index (χ4n) is 1.47. The number of urea groups is 1. The molecule has 0 spiro atoms. The molecule has 0 atom stereocenters. The molecule has 2 heterocycles. The van der Waals surface area contributed by atoms with E-state index < -0.39 is 0 Å². The number of carbonyl (C=O) groups is 1. The SMILES string of the molecule is O=C(Nc1ccccn1)NN1CC=CCC1. The summed E-state index contributed by atoms with van der Waals surface area (Å²) >= 11 is 0. The number of pyridine rings is 1. The van der Waals surface area contributed by atoms with Crippen molar-refractivity contribution in [1.82, 2.24) is 15.4 Å². The predicted octanol–water partition coefficient (Wildman–Crippen LogP) is 1.38. The molecule has 1 aliphatic heterocycles. The van der Waals surface area contributed by atoms with Gasteiger partial charge in [-0.1, -0.05) is 18.2 Å². The first-order valence-electron chi connectivity index (χ1n) is 5.23. The molecule has 5 heteroatoms. The largest absolute Gasteiger partial charge is 0.334 e. The molecule has 0 unspecified atom stereocenters. The molecule has 0 aromatic carbocycles. The standard InChI is InChI=1S/C11H14N4O/c16-11(13-10-6-2-3-7-12-10)14-15-8-4-1-5-9-15/h1-4,6-7H,5,8-9H2,(H2,12,13,14,16). The molecule has 1 aromatic heterocycles. The number of hydrogen-bond donors (Lipinski definition) is 2. The highest BCUT2D eigenvalue weighted by Crippen LogP contribution is 2.01. The molecule has 0 bridgehead atoms. The molecule has 84 valence electrons. The van der Waals surface area contributed by atoms with E-state index in [1.165, 1.54) is 0 Å². The molecular weight excluding hydrogens is 204 g/mol. The van der Waals surface area contributed by atoms with Crippen molar-refractivity contribution in [2.75, 3.05) is 18.4 Å². The second-order valence-electron chi connectivity index (χ2n) is 3.49. The molecule has 5 nitrogen and oxygen atoms in total. The normalized spacial score (nSPS) is 15.8. The average Bonchev–Trinajstić information content (AvgIpc) is 2.31. The molecule has 2 N–H and O–H groups in total. The third-order valence-electron chi connectivity index (χ3n) is 2.22. The highest BCUT2D eigenvalue weighted by molar-refractivity contribution is 5.87. The van der Waals surface area contributed by atoms with E-state index in [9.17, 15) is 4.79 Å². The first-order chi connectivity index (χ1) is 7.84. The van der Waals surface area contributed by atoms with Crippen molar-refractivity contribution >= 4 is 11.8 Å². The van der Waals surface area contributed by atoms with Crippen molar-refractivity contribution in [1.29, 1.82) is 0 Å².